The summed E-state index contributed by atoms with van der Waals surface area (Å²) in [5, 5.41) is 8.39. The molecule has 0 radical (unpaired) electrons. The van der Waals surface area contributed by atoms with Crippen molar-refractivity contribution in [1.82, 2.24) is 0 Å². The van der Waals surface area contributed by atoms with Crippen LogP contribution in [-0.4, -0.2) is 50.7 Å². The van der Waals surface area contributed by atoms with Crippen LogP contribution in [0.25, 0.3) is 0 Å². The zero-order chi connectivity index (χ0) is 7.91. The Labute approximate surface area is 56.5 Å². The lowest BCUT2D eigenvalue weighted by Gasteiger charge is -2.21. The molecule has 3 nitrogen and oxygen atoms in total. The number of aliphatic hydroxyl groups excluding tert-OH is 1. The van der Waals surface area contributed by atoms with E-state index in [1.165, 1.54) is 0 Å². The van der Waals surface area contributed by atoms with Crippen LogP contribution in [0.15, 0.2) is 0 Å². The molecule has 0 aromatic rings. The zero-order valence-corrected chi connectivity index (χ0v) is 6.42. The van der Waals surface area contributed by atoms with Gasteiger partial charge in [0.2, 0.25) is 0 Å². The van der Waals surface area contributed by atoms with Crippen LogP contribution in [0.2, 0.25) is 0 Å². The standard InChI is InChI=1S/C5H14NO.CH2O/c1-6(2,3)4-5-7;1-2/h7H,4-5H2,1-3H3;1H2/q+1;. The molecule has 56 valence electrons. The van der Waals surface area contributed by atoms with E-state index in [4.69, 9.17) is 9.90 Å². The van der Waals surface area contributed by atoms with E-state index in [-0.39, 0.29) is 6.61 Å². The van der Waals surface area contributed by atoms with Gasteiger partial charge in [-0.25, -0.2) is 0 Å². The van der Waals surface area contributed by atoms with Gasteiger partial charge in [0.05, 0.1) is 27.7 Å². The summed E-state index contributed by atoms with van der Waals surface area (Å²) in [6.45, 7) is 3.11. The third-order valence-corrected chi connectivity index (χ3v) is 0.771. The first-order valence-corrected chi connectivity index (χ1v) is 2.76. The van der Waals surface area contributed by atoms with Gasteiger partial charge in [-0.05, 0) is 0 Å². The van der Waals surface area contributed by atoms with Crippen molar-refractivity contribution in [2.45, 2.75) is 0 Å². The summed E-state index contributed by atoms with van der Waals surface area (Å²) in [5.74, 6) is 0. The third kappa shape index (κ3) is 18.4. The number of carbonyl (C=O) groups is 1. The Morgan fingerprint density at radius 2 is 1.67 bits per heavy atom. The second kappa shape index (κ2) is 5.72. The predicted molar refractivity (Wildman–Crippen MR) is 37.1 cm³/mol. The molecule has 0 saturated carbocycles. The molecule has 0 heterocycles. The first-order chi connectivity index (χ1) is 4.06. The van der Waals surface area contributed by atoms with E-state index < -0.39 is 0 Å². The summed E-state index contributed by atoms with van der Waals surface area (Å²) < 4.78 is 0.844. The summed E-state index contributed by atoms with van der Waals surface area (Å²) in [5.41, 5.74) is 0. The van der Waals surface area contributed by atoms with E-state index in [9.17, 15) is 0 Å². The number of hydrogen-bond acceptors (Lipinski definition) is 2. The third-order valence-electron chi connectivity index (χ3n) is 0.771. The number of nitrogens with zero attached hydrogens (tertiary/aromatic N) is 1. The lowest BCUT2D eigenvalue weighted by molar-refractivity contribution is -0.870. The molecule has 1 N–H and O–H groups in total. The van der Waals surface area contributed by atoms with Crippen LogP contribution in [0, 0.1) is 0 Å². The summed E-state index contributed by atoms with van der Waals surface area (Å²) in [6.07, 6.45) is 0. The lowest BCUT2D eigenvalue weighted by atomic mass is 10.5. The molecule has 0 aliphatic carbocycles. The van der Waals surface area contributed by atoms with Crippen LogP contribution in [0.3, 0.4) is 0 Å². The molecule has 0 bridgehead atoms. The predicted octanol–water partition coefficient (Wildman–Crippen LogP) is -0.500. The normalized spacial score (nSPS) is 9.78. The maximum absolute atomic E-state index is 8.39. The van der Waals surface area contributed by atoms with Crippen molar-refractivity contribution in [3.8, 4) is 0 Å². The van der Waals surface area contributed by atoms with E-state index in [0.29, 0.717) is 0 Å². The Kier molecular flexibility index (Phi) is 7.24. The first kappa shape index (κ1) is 11.4. The number of aliphatic hydroxyl groups is 1. The molecular weight excluding hydrogens is 118 g/mol. The fraction of sp³-hybridized carbons (Fsp3) is 0.833. The van der Waals surface area contributed by atoms with Gasteiger partial charge < -0.3 is 14.4 Å². The van der Waals surface area contributed by atoms with E-state index in [1.807, 2.05) is 6.79 Å². The van der Waals surface area contributed by atoms with Gasteiger partial charge in [0.15, 0.2) is 0 Å². The van der Waals surface area contributed by atoms with Gasteiger partial charge in [-0.1, -0.05) is 0 Å². The molecule has 0 aliphatic heterocycles. The Morgan fingerprint density at radius 1 is 1.33 bits per heavy atom. The number of likely N-dealkylation sites (N-methyl/N-ethyl adjacent to an activating group) is 1. The smallest absolute Gasteiger partial charge is 0.106 e. The Morgan fingerprint density at radius 3 is 1.67 bits per heavy atom. The molecule has 0 spiro atoms. The van der Waals surface area contributed by atoms with E-state index in [1.54, 1.807) is 0 Å². The number of carbonyl (C=O) groups excluding carboxylic acids is 1. The van der Waals surface area contributed by atoms with Crippen LogP contribution in [0.4, 0.5) is 0 Å². The average Bonchev–Trinajstić information content (AvgIpc) is 1.69. The Bertz CT molecular complexity index is 58.6. The topological polar surface area (TPSA) is 37.3 Å². The van der Waals surface area contributed by atoms with Crippen molar-refractivity contribution in [2.24, 2.45) is 0 Å². The fourth-order valence-electron chi connectivity index (χ4n) is 0.300. The number of hydrogen-bond donors (Lipinski definition) is 1. The minimum Gasteiger partial charge on any atom is -0.391 e. The van der Waals surface area contributed by atoms with Gasteiger partial charge in [-0.15, -0.1) is 0 Å². The molecule has 0 aliphatic rings. The maximum atomic E-state index is 8.39. The first-order valence-electron chi connectivity index (χ1n) is 2.76. The van der Waals surface area contributed by atoms with Crippen LogP contribution in [0.1, 0.15) is 0 Å². The van der Waals surface area contributed by atoms with Crippen LogP contribution in [-0.2, 0) is 4.79 Å². The number of quaternary nitrogens is 1. The maximum Gasteiger partial charge on any atom is 0.106 e. The highest BCUT2D eigenvalue weighted by Gasteiger charge is 2.02. The largest absolute Gasteiger partial charge is 0.391 e. The van der Waals surface area contributed by atoms with E-state index in [0.717, 1.165) is 11.0 Å². The van der Waals surface area contributed by atoms with Crippen LogP contribution < -0.4 is 0 Å². The second-order valence-corrected chi connectivity index (χ2v) is 2.74. The van der Waals surface area contributed by atoms with Gasteiger partial charge in [0.25, 0.3) is 0 Å². The zero-order valence-electron chi connectivity index (χ0n) is 6.42. The molecule has 0 saturated heterocycles. The van der Waals surface area contributed by atoms with Gasteiger partial charge in [-0.3, -0.25) is 0 Å². The Hall–Kier alpha value is -0.410. The SMILES string of the molecule is C=O.C[N+](C)(C)CCO. The van der Waals surface area contributed by atoms with Crippen molar-refractivity contribution < 1.29 is 14.4 Å². The highest BCUT2D eigenvalue weighted by atomic mass is 16.3. The average molecular weight is 134 g/mol. The summed E-state index contributed by atoms with van der Waals surface area (Å²) in [4.78, 5) is 8.00. The van der Waals surface area contributed by atoms with Gasteiger partial charge >= 0.3 is 0 Å². The molecule has 0 unspecified atom stereocenters. The monoisotopic (exact) mass is 134 g/mol. The molecule has 0 amide bonds. The molecule has 3 heteroatoms. The minimum atomic E-state index is 0.281. The van der Waals surface area contributed by atoms with Crippen molar-refractivity contribution in [1.29, 1.82) is 0 Å². The van der Waals surface area contributed by atoms with Crippen LogP contribution >= 0.6 is 0 Å². The lowest BCUT2D eigenvalue weighted by Crippen LogP contribution is -2.36. The van der Waals surface area contributed by atoms with Gasteiger partial charge in [0.1, 0.15) is 13.3 Å². The van der Waals surface area contributed by atoms with Crippen molar-refractivity contribution in [3.05, 3.63) is 0 Å². The Balaban J connectivity index is 0. The molecule has 0 aromatic heterocycles. The molecule has 0 aromatic carbocycles. The second-order valence-electron chi connectivity index (χ2n) is 2.74. The fourth-order valence-corrected chi connectivity index (χ4v) is 0.300. The molecule has 9 heavy (non-hydrogen) atoms. The molecule has 0 rings (SSSR count). The molecular formula is C6H16NO2+. The summed E-state index contributed by atoms with van der Waals surface area (Å²) >= 11 is 0. The van der Waals surface area contributed by atoms with Gasteiger partial charge in [-0.2, -0.15) is 0 Å². The van der Waals surface area contributed by atoms with Crippen molar-refractivity contribution in [3.63, 3.8) is 0 Å². The number of rotatable bonds is 2. The van der Waals surface area contributed by atoms with E-state index >= 15 is 0 Å². The van der Waals surface area contributed by atoms with Crippen molar-refractivity contribution in [2.75, 3.05) is 34.3 Å². The summed E-state index contributed by atoms with van der Waals surface area (Å²) in [6, 6.07) is 0. The highest BCUT2D eigenvalue weighted by molar-refractivity contribution is 5.10. The highest BCUT2D eigenvalue weighted by Crippen LogP contribution is 1.84. The quantitative estimate of drug-likeness (QED) is 0.517. The molecule has 0 atom stereocenters. The van der Waals surface area contributed by atoms with Gasteiger partial charge in [0, 0.05) is 0 Å². The van der Waals surface area contributed by atoms with E-state index in [2.05, 4.69) is 21.1 Å². The molecule has 0 fully saturated rings. The minimum absolute atomic E-state index is 0.281. The van der Waals surface area contributed by atoms with Crippen molar-refractivity contribution >= 4 is 6.79 Å². The van der Waals surface area contributed by atoms with Crippen LogP contribution in [0.5, 0.6) is 0 Å². The summed E-state index contributed by atoms with van der Waals surface area (Å²) in [7, 11) is 6.16.